The van der Waals surface area contributed by atoms with Gasteiger partial charge in [-0.25, -0.2) is 0 Å². The van der Waals surface area contributed by atoms with E-state index in [4.69, 9.17) is 18.9 Å². The molecule has 2 spiro atoms. The molecule has 3 aliphatic heterocycles. The van der Waals surface area contributed by atoms with Crippen molar-refractivity contribution in [3.05, 3.63) is 0 Å². The molecule has 0 N–H and O–H groups in total. The van der Waals surface area contributed by atoms with Crippen LogP contribution in [-0.4, -0.2) is 38.0 Å². The van der Waals surface area contributed by atoms with Gasteiger partial charge in [0.25, 0.3) is 0 Å². The van der Waals surface area contributed by atoms with E-state index in [0.29, 0.717) is 13.2 Å². The van der Waals surface area contributed by atoms with Gasteiger partial charge in [0.1, 0.15) is 13.2 Å². The van der Waals surface area contributed by atoms with Crippen LogP contribution in [0.2, 0.25) is 0 Å². The zero-order valence-corrected chi connectivity index (χ0v) is 11.9. The highest BCUT2D eigenvalue weighted by atomic mass is 16.8. The van der Waals surface area contributed by atoms with Crippen LogP contribution in [0.4, 0.5) is 0 Å². The first-order valence-corrected chi connectivity index (χ1v) is 6.89. The van der Waals surface area contributed by atoms with E-state index in [1.165, 1.54) is 0 Å². The van der Waals surface area contributed by atoms with Crippen molar-refractivity contribution in [2.24, 2.45) is 10.8 Å². The first-order chi connectivity index (χ1) is 8.33. The molecule has 0 aromatic carbocycles. The summed E-state index contributed by atoms with van der Waals surface area (Å²) in [4.78, 5) is 0. The summed E-state index contributed by atoms with van der Waals surface area (Å²) in [6.45, 7) is 11.1. The van der Waals surface area contributed by atoms with Crippen LogP contribution >= 0.6 is 0 Å². The average molecular weight is 256 g/mol. The zero-order valence-electron chi connectivity index (χ0n) is 11.9. The molecule has 0 amide bonds. The fraction of sp³-hybridized carbons (Fsp3) is 1.00. The highest BCUT2D eigenvalue weighted by Crippen LogP contribution is 2.52. The van der Waals surface area contributed by atoms with Crippen LogP contribution in [-0.2, 0) is 18.9 Å². The summed E-state index contributed by atoms with van der Waals surface area (Å²) in [5.41, 5.74) is -0.00524. The van der Waals surface area contributed by atoms with Crippen molar-refractivity contribution in [2.45, 2.75) is 52.1 Å². The molecule has 4 nitrogen and oxygen atoms in total. The lowest BCUT2D eigenvalue weighted by Gasteiger charge is -2.50. The Hall–Kier alpha value is -0.160. The Labute approximate surface area is 109 Å². The second-order valence-electron chi connectivity index (χ2n) is 7.05. The third-order valence-corrected chi connectivity index (χ3v) is 5.18. The Morgan fingerprint density at radius 2 is 1.00 bits per heavy atom. The third kappa shape index (κ3) is 1.52. The number of hydrogen-bond acceptors (Lipinski definition) is 4. The minimum atomic E-state index is -0.583. The smallest absolute Gasteiger partial charge is 0.197 e. The van der Waals surface area contributed by atoms with Gasteiger partial charge in [0.05, 0.1) is 13.2 Å². The van der Waals surface area contributed by atoms with Gasteiger partial charge in [-0.1, -0.05) is 27.7 Å². The van der Waals surface area contributed by atoms with E-state index in [1.807, 2.05) is 0 Å². The maximum atomic E-state index is 6.14. The average Bonchev–Trinajstić information content (AvgIpc) is 2.72. The number of rotatable bonds is 0. The molecule has 0 radical (unpaired) electrons. The zero-order chi connectivity index (χ0) is 13.1. The molecule has 3 heterocycles. The first-order valence-electron chi connectivity index (χ1n) is 6.89. The fourth-order valence-electron chi connectivity index (χ4n) is 3.17. The molecule has 0 aliphatic carbocycles. The maximum absolute atomic E-state index is 6.14. The Morgan fingerprint density at radius 1 is 0.611 bits per heavy atom. The predicted octanol–water partition coefficient (Wildman–Crippen LogP) is 2.32. The molecule has 2 atom stereocenters. The molecule has 3 aliphatic rings. The highest BCUT2D eigenvalue weighted by Gasteiger charge is 2.62. The normalized spacial score (nSPS) is 46.0. The molecule has 4 heteroatoms. The molecular formula is C14H24O4. The fourth-order valence-corrected chi connectivity index (χ4v) is 3.17. The quantitative estimate of drug-likeness (QED) is 0.666. The van der Waals surface area contributed by atoms with Crippen LogP contribution in [0.1, 0.15) is 40.5 Å². The molecule has 3 fully saturated rings. The van der Waals surface area contributed by atoms with Gasteiger partial charge < -0.3 is 18.9 Å². The molecule has 0 aromatic rings. The van der Waals surface area contributed by atoms with Crippen molar-refractivity contribution in [3.8, 4) is 0 Å². The monoisotopic (exact) mass is 256 g/mol. The van der Waals surface area contributed by atoms with E-state index in [2.05, 4.69) is 27.7 Å². The minimum absolute atomic E-state index is 0.00262. The van der Waals surface area contributed by atoms with Crippen LogP contribution in [0.25, 0.3) is 0 Å². The van der Waals surface area contributed by atoms with Crippen molar-refractivity contribution in [1.82, 2.24) is 0 Å². The highest BCUT2D eigenvalue weighted by molar-refractivity contribution is 5.00. The lowest BCUT2D eigenvalue weighted by atomic mass is 9.79. The Kier molecular flexibility index (Phi) is 2.63. The molecule has 0 bridgehead atoms. The lowest BCUT2D eigenvalue weighted by molar-refractivity contribution is -0.402. The molecule has 18 heavy (non-hydrogen) atoms. The largest absolute Gasteiger partial charge is 0.347 e. The molecule has 104 valence electrons. The Bertz CT molecular complexity index is 306. The number of ether oxygens (including phenoxy) is 4. The third-order valence-electron chi connectivity index (χ3n) is 5.18. The van der Waals surface area contributed by atoms with Crippen molar-refractivity contribution in [1.29, 1.82) is 0 Å². The Balaban J connectivity index is 1.79. The predicted molar refractivity (Wildman–Crippen MR) is 66.1 cm³/mol. The van der Waals surface area contributed by atoms with E-state index in [0.717, 1.165) is 26.1 Å². The van der Waals surface area contributed by atoms with E-state index >= 15 is 0 Å². The standard InChI is InChI=1S/C14H24O4/c1-11(2)5-7-15-13(11)9-18-14(10-17-13)12(3,4)6-8-16-14/h5-10H2,1-4H3. The maximum Gasteiger partial charge on any atom is 0.197 e. The molecular weight excluding hydrogens is 232 g/mol. The molecule has 3 saturated heterocycles. The van der Waals surface area contributed by atoms with Gasteiger partial charge in [-0.2, -0.15) is 0 Å². The van der Waals surface area contributed by atoms with Gasteiger partial charge in [-0.15, -0.1) is 0 Å². The van der Waals surface area contributed by atoms with Gasteiger partial charge in [0.15, 0.2) is 11.6 Å². The molecule has 2 unspecified atom stereocenters. The van der Waals surface area contributed by atoms with E-state index in [9.17, 15) is 0 Å². The minimum Gasteiger partial charge on any atom is -0.347 e. The summed E-state index contributed by atoms with van der Waals surface area (Å²) >= 11 is 0. The van der Waals surface area contributed by atoms with Gasteiger partial charge in [-0.05, 0) is 12.8 Å². The van der Waals surface area contributed by atoms with Gasteiger partial charge in [0.2, 0.25) is 0 Å². The van der Waals surface area contributed by atoms with Gasteiger partial charge >= 0.3 is 0 Å². The molecule has 3 rings (SSSR count). The molecule has 0 saturated carbocycles. The van der Waals surface area contributed by atoms with Crippen LogP contribution < -0.4 is 0 Å². The van der Waals surface area contributed by atoms with Crippen molar-refractivity contribution < 1.29 is 18.9 Å². The summed E-state index contributed by atoms with van der Waals surface area (Å²) in [6, 6.07) is 0. The number of hydrogen-bond donors (Lipinski definition) is 0. The van der Waals surface area contributed by atoms with Gasteiger partial charge in [-0.3, -0.25) is 0 Å². The summed E-state index contributed by atoms with van der Waals surface area (Å²) < 4.78 is 24.0. The topological polar surface area (TPSA) is 36.9 Å². The van der Waals surface area contributed by atoms with Crippen LogP contribution in [0.3, 0.4) is 0 Å². The van der Waals surface area contributed by atoms with E-state index < -0.39 is 11.6 Å². The van der Waals surface area contributed by atoms with Gasteiger partial charge in [0, 0.05) is 10.8 Å². The van der Waals surface area contributed by atoms with E-state index in [-0.39, 0.29) is 10.8 Å². The van der Waals surface area contributed by atoms with E-state index in [1.54, 1.807) is 0 Å². The van der Waals surface area contributed by atoms with Crippen LogP contribution in [0.15, 0.2) is 0 Å². The van der Waals surface area contributed by atoms with Crippen molar-refractivity contribution in [2.75, 3.05) is 26.4 Å². The Morgan fingerprint density at radius 3 is 1.22 bits per heavy atom. The molecule has 0 aromatic heterocycles. The SMILES string of the molecule is CC1(C)CCOC12COC1(CO2)OCCC1(C)C. The lowest BCUT2D eigenvalue weighted by Crippen LogP contribution is -2.62. The second kappa shape index (κ2) is 3.69. The summed E-state index contributed by atoms with van der Waals surface area (Å²) in [6.07, 6.45) is 2.02. The summed E-state index contributed by atoms with van der Waals surface area (Å²) in [5, 5.41) is 0. The first kappa shape index (κ1) is 12.9. The summed E-state index contributed by atoms with van der Waals surface area (Å²) in [7, 11) is 0. The summed E-state index contributed by atoms with van der Waals surface area (Å²) in [5.74, 6) is -1.17. The van der Waals surface area contributed by atoms with Crippen molar-refractivity contribution >= 4 is 0 Å². The van der Waals surface area contributed by atoms with Crippen LogP contribution in [0.5, 0.6) is 0 Å². The second-order valence-corrected chi connectivity index (χ2v) is 7.05. The van der Waals surface area contributed by atoms with Crippen LogP contribution in [0, 0.1) is 10.8 Å². The van der Waals surface area contributed by atoms with Crippen molar-refractivity contribution in [3.63, 3.8) is 0 Å².